The van der Waals surface area contributed by atoms with Gasteiger partial charge in [-0.05, 0) is 88.4 Å². The van der Waals surface area contributed by atoms with E-state index in [4.69, 9.17) is 9.47 Å². The third kappa shape index (κ3) is 2.55. The molecule has 148 valence electrons. The summed E-state index contributed by atoms with van der Waals surface area (Å²) < 4.78 is 11.3. The van der Waals surface area contributed by atoms with E-state index in [-0.39, 0.29) is 5.41 Å². The van der Waals surface area contributed by atoms with Crippen LogP contribution in [0.2, 0.25) is 0 Å². The zero-order valence-corrected chi connectivity index (χ0v) is 16.8. The van der Waals surface area contributed by atoms with E-state index in [1.165, 1.54) is 12.8 Å². The van der Waals surface area contributed by atoms with Crippen LogP contribution in [0.4, 0.5) is 0 Å². The molecular weight excluding hydrogens is 328 g/mol. The Hall–Kier alpha value is -0.450. The van der Waals surface area contributed by atoms with Crippen LogP contribution in [0, 0.1) is 28.6 Å². The molecule has 0 radical (unpaired) electrons. The molecule has 1 unspecified atom stereocenters. The number of rotatable bonds is 4. The molecule has 4 heteroatoms. The van der Waals surface area contributed by atoms with Gasteiger partial charge < -0.3 is 14.6 Å². The van der Waals surface area contributed by atoms with Crippen molar-refractivity contribution in [2.24, 2.45) is 28.6 Å². The normalized spacial score (nSPS) is 50.8. The molecule has 4 nitrogen and oxygen atoms in total. The maximum atomic E-state index is 12.6. The lowest BCUT2D eigenvalue weighted by Gasteiger charge is -2.62. The van der Waals surface area contributed by atoms with Crippen molar-refractivity contribution < 1.29 is 19.4 Å². The second kappa shape index (κ2) is 6.56. The van der Waals surface area contributed by atoms with Crippen molar-refractivity contribution in [3.63, 3.8) is 0 Å². The molecule has 4 aliphatic rings. The van der Waals surface area contributed by atoms with Crippen molar-refractivity contribution in [3.8, 4) is 0 Å². The van der Waals surface area contributed by atoms with Crippen LogP contribution >= 0.6 is 0 Å². The molecule has 0 aromatic carbocycles. The molecular formula is C22H36O4. The Morgan fingerprint density at radius 2 is 1.88 bits per heavy atom. The van der Waals surface area contributed by atoms with Crippen LogP contribution < -0.4 is 0 Å². The zero-order valence-electron chi connectivity index (χ0n) is 16.8. The summed E-state index contributed by atoms with van der Waals surface area (Å²) in [6.45, 7) is 7.63. The van der Waals surface area contributed by atoms with Gasteiger partial charge in [-0.25, -0.2) is 0 Å². The van der Waals surface area contributed by atoms with E-state index in [9.17, 15) is 9.90 Å². The topological polar surface area (TPSA) is 55.8 Å². The van der Waals surface area contributed by atoms with E-state index in [2.05, 4.69) is 6.92 Å². The van der Waals surface area contributed by atoms with Crippen LogP contribution in [0.25, 0.3) is 0 Å². The van der Waals surface area contributed by atoms with Gasteiger partial charge in [0.15, 0.2) is 0 Å². The maximum absolute atomic E-state index is 12.6. The number of carbonyl (C=O) groups is 1. The molecule has 4 saturated carbocycles. The summed E-state index contributed by atoms with van der Waals surface area (Å²) in [6, 6.07) is 0. The number of hydrogen-bond donors (Lipinski definition) is 1. The Morgan fingerprint density at radius 3 is 2.65 bits per heavy atom. The van der Waals surface area contributed by atoms with Gasteiger partial charge in [0.1, 0.15) is 12.6 Å². The van der Waals surface area contributed by atoms with E-state index < -0.39 is 11.0 Å². The monoisotopic (exact) mass is 364 g/mol. The Morgan fingerprint density at radius 1 is 1.08 bits per heavy atom. The summed E-state index contributed by atoms with van der Waals surface area (Å²) in [4.78, 5) is 12.6. The molecule has 4 fully saturated rings. The molecule has 0 saturated heterocycles. The first-order chi connectivity index (χ1) is 12.3. The quantitative estimate of drug-likeness (QED) is 0.603. The molecule has 0 aromatic rings. The Bertz CT molecular complexity index is 562. The minimum absolute atomic E-state index is 0.289. The third-order valence-electron chi connectivity index (χ3n) is 9.11. The fourth-order valence-electron chi connectivity index (χ4n) is 7.33. The molecule has 0 spiro atoms. The molecule has 0 amide bonds. The van der Waals surface area contributed by atoms with Gasteiger partial charge in [0.2, 0.25) is 0 Å². The fourth-order valence-corrected chi connectivity index (χ4v) is 7.33. The van der Waals surface area contributed by atoms with Crippen LogP contribution in [-0.2, 0) is 14.3 Å². The van der Waals surface area contributed by atoms with Crippen molar-refractivity contribution in [2.75, 3.05) is 13.4 Å². The van der Waals surface area contributed by atoms with Crippen molar-refractivity contribution in [1.82, 2.24) is 0 Å². The molecule has 26 heavy (non-hydrogen) atoms. The number of ketones is 1. The Balaban J connectivity index is 1.51. The number of fused-ring (bicyclic) bond motifs is 5. The van der Waals surface area contributed by atoms with Crippen LogP contribution in [-0.4, -0.2) is 36.0 Å². The molecule has 1 N–H and O–H groups in total. The molecule has 0 bridgehead atoms. The molecule has 4 aliphatic carbocycles. The SMILES string of the molecule is CCOCOC1CC[C@@]2(C)[C@H](CC[C@@H]3[C@@H]2CC[C@]2(C)C(=O)CC[C@]32O)C1. The largest absolute Gasteiger partial charge is 0.389 e. The maximum Gasteiger partial charge on any atom is 0.147 e. The summed E-state index contributed by atoms with van der Waals surface area (Å²) in [5.41, 5.74) is -0.963. The van der Waals surface area contributed by atoms with Crippen LogP contribution in [0.15, 0.2) is 0 Å². The minimum Gasteiger partial charge on any atom is -0.389 e. The van der Waals surface area contributed by atoms with Crippen LogP contribution in [0.5, 0.6) is 0 Å². The summed E-state index contributed by atoms with van der Waals surface area (Å²) in [7, 11) is 0. The molecule has 0 heterocycles. The van der Waals surface area contributed by atoms with E-state index in [1.807, 2.05) is 13.8 Å². The highest BCUT2D eigenvalue weighted by Gasteiger charge is 2.67. The van der Waals surface area contributed by atoms with Crippen molar-refractivity contribution in [2.45, 2.75) is 90.3 Å². The average Bonchev–Trinajstić information content (AvgIpc) is 2.86. The number of ether oxygens (including phenoxy) is 2. The lowest BCUT2D eigenvalue weighted by molar-refractivity contribution is -0.207. The van der Waals surface area contributed by atoms with Gasteiger partial charge >= 0.3 is 0 Å². The van der Waals surface area contributed by atoms with E-state index in [0.717, 1.165) is 32.1 Å². The van der Waals surface area contributed by atoms with E-state index in [1.54, 1.807) is 0 Å². The van der Waals surface area contributed by atoms with Gasteiger partial charge in [-0.15, -0.1) is 0 Å². The molecule has 0 aromatic heterocycles. The predicted molar refractivity (Wildman–Crippen MR) is 99.6 cm³/mol. The number of aliphatic hydroxyl groups is 1. The lowest BCUT2D eigenvalue weighted by atomic mass is 9.44. The molecule has 4 rings (SSSR count). The molecule has 7 atom stereocenters. The highest BCUT2D eigenvalue weighted by molar-refractivity contribution is 5.88. The van der Waals surface area contributed by atoms with E-state index in [0.29, 0.717) is 55.9 Å². The van der Waals surface area contributed by atoms with Gasteiger partial charge in [-0.2, -0.15) is 0 Å². The van der Waals surface area contributed by atoms with Crippen molar-refractivity contribution in [3.05, 3.63) is 0 Å². The summed E-state index contributed by atoms with van der Waals surface area (Å²) in [6.07, 6.45) is 9.19. The van der Waals surface area contributed by atoms with Gasteiger partial charge in [0.05, 0.1) is 17.1 Å². The van der Waals surface area contributed by atoms with Gasteiger partial charge in [-0.3, -0.25) is 4.79 Å². The van der Waals surface area contributed by atoms with Crippen molar-refractivity contribution in [1.29, 1.82) is 0 Å². The van der Waals surface area contributed by atoms with Gasteiger partial charge in [0, 0.05) is 13.0 Å². The smallest absolute Gasteiger partial charge is 0.147 e. The Kier molecular flexibility index (Phi) is 4.77. The van der Waals surface area contributed by atoms with Crippen molar-refractivity contribution >= 4 is 5.78 Å². The first-order valence-electron chi connectivity index (χ1n) is 10.8. The zero-order chi connectivity index (χ0) is 18.6. The van der Waals surface area contributed by atoms with Crippen LogP contribution in [0.3, 0.4) is 0 Å². The summed E-state index contributed by atoms with van der Waals surface area (Å²) >= 11 is 0. The summed E-state index contributed by atoms with van der Waals surface area (Å²) in [5, 5.41) is 11.7. The number of Topliss-reactive ketones (excluding diaryl/α,β-unsaturated/α-hetero) is 1. The first kappa shape index (κ1) is 18.9. The second-order valence-corrected chi connectivity index (χ2v) is 9.88. The van der Waals surface area contributed by atoms with Crippen LogP contribution in [0.1, 0.15) is 78.6 Å². The standard InChI is InChI=1S/C22H36O4/c1-4-25-14-26-16-7-10-20(2)15(13-16)5-6-18-17(20)8-11-21(3)19(23)9-12-22(18,21)24/h15-18,24H,4-14H2,1-3H3/t15-,16?,17+,18-,20+,21-,22+/m1/s1. The summed E-state index contributed by atoms with van der Waals surface area (Å²) in [5.74, 6) is 1.83. The number of hydrogen-bond acceptors (Lipinski definition) is 4. The van der Waals surface area contributed by atoms with Gasteiger partial charge in [-0.1, -0.05) is 6.92 Å². The fraction of sp³-hybridized carbons (Fsp3) is 0.955. The average molecular weight is 365 g/mol. The molecule has 0 aliphatic heterocycles. The number of carbonyl (C=O) groups excluding carboxylic acids is 1. The Labute approximate surface area is 158 Å². The predicted octanol–water partition coefficient (Wildman–Crippen LogP) is 4.09. The van der Waals surface area contributed by atoms with E-state index >= 15 is 0 Å². The minimum atomic E-state index is -0.761. The second-order valence-electron chi connectivity index (χ2n) is 9.88. The van der Waals surface area contributed by atoms with Gasteiger partial charge in [0.25, 0.3) is 0 Å². The first-order valence-corrected chi connectivity index (χ1v) is 10.8. The lowest BCUT2D eigenvalue weighted by Crippen LogP contribution is -2.62. The highest BCUT2D eigenvalue weighted by Crippen LogP contribution is 2.66. The third-order valence-corrected chi connectivity index (χ3v) is 9.11. The highest BCUT2D eigenvalue weighted by atomic mass is 16.7.